The maximum Gasteiger partial charge on any atom is 0.215 e. The quantitative estimate of drug-likeness (QED) is 0.723. The maximum atomic E-state index is 12.3. The Morgan fingerprint density at radius 1 is 1.16 bits per heavy atom. The molecule has 2 rings (SSSR count). The van der Waals surface area contributed by atoms with Gasteiger partial charge in [0.1, 0.15) is 0 Å². The zero-order chi connectivity index (χ0) is 13.7. The molecular weight excluding hydrogens is 262 g/mol. The van der Waals surface area contributed by atoms with Gasteiger partial charge in [-0.2, -0.15) is 4.31 Å². The molecule has 0 aromatic carbocycles. The van der Waals surface area contributed by atoms with E-state index < -0.39 is 10.0 Å². The van der Waals surface area contributed by atoms with E-state index in [4.69, 9.17) is 0 Å². The number of hydrogen-bond donors (Lipinski definition) is 1. The first kappa shape index (κ1) is 15.2. The fourth-order valence-electron chi connectivity index (χ4n) is 3.01. The van der Waals surface area contributed by atoms with Crippen molar-refractivity contribution in [2.75, 3.05) is 45.0 Å². The van der Waals surface area contributed by atoms with Gasteiger partial charge in [-0.15, -0.1) is 0 Å². The largest absolute Gasteiger partial charge is 0.316 e. The van der Waals surface area contributed by atoms with Crippen molar-refractivity contribution in [3.05, 3.63) is 0 Å². The fourth-order valence-corrected chi connectivity index (χ4v) is 4.43. The van der Waals surface area contributed by atoms with E-state index in [0.717, 1.165) is 32.5 Å². The SMILES string of the molecule is CCCNCCS(=O)(=O)N1CCN2CCCCC2C1. The summed E-state index contributed by atoms with van der Waals surface area (Å²) in [5.41, 5.74) is 0. The van der Waals surface area contributed by atoms with Crippen LogP contribution in [0.5, 0.6) is 0 Å². The lowest BCUT2D eigenvalue weighted by atomic mass is 10.0. The lowest BCUT2D eigenvalue weighted by Crippen LogP contribution is -2.56. The zero-order valence-corrected chi connectivity index (χ0v) is 12.8. The third kappa shape index (κ3) is 4.15. The number of nitrogens with zero attached hydrogens (tertiary/aromatic N) is 2. The summed E-state index contributed by atoms with van der Waals surface area (Å²) in [6, 6.07) is 0.459. The molecule has 0 bridgehead atoms. The highest BCUT2D eigenvalue weighted by Crippen LogP contribution is 2.22. The molecule has 0 aromatic rings. The molecule has 2 aliphatic heterocycles. The second-order valence-electron chi connectivity index (χ2n) is 5.61. The van der Waals surface area contributed by atoms with E-state index in [2.05, 4.69) is 17.1 Å². The van der Waals surface area contributed by atoms with Crippen LogP contribution in [0, 0.1) is 0 Å². The third-order valence-electron chi connectivity index (χ3n) is 4.16. The van der Waals surface area contributed by atoms with E-state index in [1.807, 2.05) is 0 Å². The number of piperidine rings is 1. The fraction of sp³-hybridized carbons (Fsp3) is 1.00. The lowest BCUT2D eigenvalue weighted by Gasteiger charge is -2.43. The first-order valence-electron chi connectivity index (χ1n) is 7.56. The minimum Gasteiger partial charge on any atom is -0.316 e. The van der Waals surface area contributed by atoms with E-state index in [1.54, 1.807) is 4.31 Å². The Labute approximate surface area is 117 Å². The summed E-state index contributed by atoms with van der Waals surface area (Å²) >= 11 is 0. The van der Waals surface area contributed by atoms with Crippen LogP contribution in [0.3, 0.4) is 0 Å². The molecule has 0 aromatic heterocycles. The summed E-state index contributed by atoms with van der Waals surface area (Å²) in [6.07, 6.45) is 4.71. The number of nitrogens with one attached hydrogen (secondary N) is 1. The second kappa shape index (κ2) is 7.02. The normalized spacial score (nSPS) is 26.3. The molecule has 0 spiro atoms. The number of piperazine rings is 1. The highest BCUT2D eigenvalue weighted by molar-refractivity contribution is 7.89. The summed E-state index contributed by atoms with van der Waals surface area (Å²) in [7, 11) is -3.07. The molecule has 6 heteroatoms. The molecule has 0 saturated carbocycles. The summed E-state index contributed by atoms with van der Waals surface area (Å²) in [5.74, 6) is 0.236. The lowest BCUT2D eigenvalue weighted by molar-refractivity contribution is 0.0852. The van der Waals surface area contributed by atoms with Crippen molar-refractivity contribution in [2.24, 2.45) is 0 Å². The maximum absolute atomic E-state index is 12.3. The second-order valence-corrected chi connectivity index (χ2v) is 7.70. The Morgan fingerprint density at radius 2 is 2.00 bits per heavy atom. The molecule has 19 heavy (non-hydrogen) atoms. The number of hydrogen-bond acceptors (Lipinski definition) is 4. The molecule has 0 radical (unpaired) electrons. The van der Waals surface area contributed by atoms with Gasteiger partial charge in [-0.05, 0) is 32.4 Å². The molecule has 0 aliphatic carbocycles. The number of rotatable bonds is 6. The predicted octanol–water partition coefficient (Wildman–Crippen LogP) is 0.486. The van der Waals surface area contributed by atoms with Crippen LogP contribution in [-0.4, -0.2) is 68.7 Å². The molecule has 1 N–H and O–H groups in total. The first-order valence-corrected chi connectivity index (χ1v) is 9.17. The van der Waals surface area contributed by atoms with E-state index >= 15 is 0 Å². The monoisotopic (exact) mass is 289 g/mol. The molecule has 0 amide bonds. The van der Waals surface area contributed by atoms with E-state index in [1.165, 1.54) is 12.8 Å². The molecule has 2 fully saturated rings. The van der Waals surface area contributed by atoms with Gasteiger partial charge < -0.3 is 5.32 Å². The molecular formula is C13H27N3O2S. The summed E-state index contributed by atoms with van der Waals surface area (Å²) in [4.78, 5) is 2.46. The minimum absolute atomic E-state index is 0.236. The molecule has 1 atom stereocenters. The van der Waals surface area contributed by atoms with Crippen LogP contribution in [0.25, 0.3) is 0 Å². The van der Waals surface area contributed by atoms with Gasteiger partial charge in [0.15, 0.2) is 0 Å². The van der Waals surface area contributed by atoms with Crippen LogP contribution in [0.15, 0.2) is 0 Å². The van der Waals surface area contributed by atoms with Crippen LogP contribution in [0.2, 0.25) is 0 Å². The van der Waals surface area contributed by atoms with Crippen molar-refractivity contribution < 1.29 is 8.42 Å². The highest BCUT2D eigenvalue weighted by atomic mass is 32.2. The number of sulfonamides is 1. The van der Waals surface area contributed by atoms with Gasteiger partial charge in [0.05, 0.1) is 5.75 Å². The summed E-state index contributed by atoms with van der Waals surface area (Å²) < 4.78 is 26.3. The predicted molar refractivity (Wildman–Crippen MR) is 77.7 cm³/mol. The van der Waals surface area contributed by atoms with Gasteiger partial charge in [-0.25, -0.2) is 8.42 Å². The van der Waals surface area contributed by atoms with Crippen molar-refractivity contribution in [1.29, 1.82) is 0 Å². The molecule has 112 valence electrons. The van der Waals surface area contributed by atoms with E-state index in [-0.39, 0.29) is 5.75 Å². The van der Waals surface area contributed by atoms with Crippen molar-refractivity contribution in [1.82, 2.24) is 14.5 Å². The Kier molecular flexibility index (Phi) is 5.62. The van der Waals surface area contributed by atoms with Crippen molar-refractivity contribution >= 4 is 10.0 Å². The van der Waals surface area contributed by atoms with E-state index in [9.17, 15) is 8.42 Å². The van der Waals surface area contributed by atoms with Gasteiger partial charge >= 0.3 is 0 Å². The van der Waals surface area contributed by atoms with Crippen molar-refractivity contribution in [2.45, 2.75) is 38.6 Å². The van der Waals surface area contributed by atoms with Crippen molar-refractivity contribution in [3.63, 3.8) is 0 Å². The van der Waals surface area contributed by atoms with Crippen LogP contribution < -0.4 is 5.32 Å². The molecule has 2 aliphatic rings. The molecule has 2 heterocycles. The van der Waals surface area contributed by atoms with Gasteiger partial charge in [0, 0.05) is 32.2 Å². The Morgan fingerprint density at radius 3 is 2.79 bits per heavy atom. The molecule has 1 unspecified atom stereocenters. The van der Waals surface area contributed by atoms with Crippen LogP contribution in [0.1, 0.15) is 32.6 Å². The van der Waals surface area contributed by atoms with Gasteiger partial charge in [0.25, 0.3) is 0 Å². The average molecular weight is 289 g/mol. The van der Waals surface area contributed by atoms with Crippen LogP contribution in [0.4, 0.5) is 0 Å². The summed E-state index contributed by atoms with van der Waals surface area (Å²) in [5, 5.41) is 3.17. The first-order chi connectivity index (χ1) is 9.13. The topological polar surface area (TPSA) is 52.7 Å². The minimum atomic E-state index is -3.07. The van der Waals surface area contributed by atoms with Crippen LogP contribution in [-0.2, 0) is 10.0 Å². The Hall–Kier alpha value is -0.170. The number of fused-ring (bicyclic) bond motifs is 1. The molecule has 2 saturated heterocycles. The summed E-state index contributed by atoms with van der Waals surface area (Å²) in [6.45, 7) is 6.99. The average Bonchev–Trinajstić information content (AvgIpc) is 2.43. The third-order valence-corrected chi connectivity index (χ3v) is 6.00. The Bertz CT molecular complexity index is 372. The molecule has 5 nitrogen and oxygen atoms in total. The van der Waals surface area contributed by atoms with Gasteiger partial charge in [0.2, 0.25) is 10.0 Å². The van der Waals surface area contributed by atoms with Crippen molar-refractivity contribution in [3.8, 4) is 0 Å². The smallest absolute Gasteiger partial charge is 0.215 e. The standard InChI is InChI=1S/C13H27N3O2S/c1-2-6-14-7-11-19(17,18)16-10-9-15-8-4-3-5-13(15)12-16/h13-14H,2-12H2,1H3. The Balaban J connectivity index is 1.83. The zero-order valence-electron chi connectivity index (χ0n) is 12.0. The highest BCUT2D eigenvalue weighted by Gasteiger charge is 2.33. The van der Waals surface area contributed by atoms with Gasteiger partial charge in [-0.1, -0.05) is 13.3 Å². The van der Waals surface area contributed by atoms with Crippen LogP contribution >= 0.6 is 0 Å². The van der Waals surface area contributed by atoms with Gasteiger partial charge in [-0.3, -0.25) is 4.90 Å². The van der Waals surface area contributed by atoms with E-state index in [0.29, 0.717) is 25.7 Å².